The number of ether oxygens (including phenoxy) is 1. The summed E-state index contributed by atoms with van der Waals surface area (Å²) in [5.74, 6) is -0.549. The second-order valence-electron chi connectivity index (χ2n) is 5.34. The maximum atomic E-state index is 11.5. The summed E-state index contributed by atoms with van der Waals surface area (Å²) >= 11 is 0. The molecule has 1 aromatic heterocycles. The highest BCUT2D eigenvalue weighted by Gasteiger charge is 2.11. The van der Waals surface area contributed by atoms with E-state index in [4.69, 9.17) is 9.94 Å². The molecular formula is C15H19N5O3. The second-order valence-corrected chi connectivity index (χ2v) is 5.34. The topological polar surface area (TPSA) is 92.5 Å². The third-order valence-electron chi connectivity index (χ3n) is 3.81. The minimum atomic E-state index is -0.549. The van der Waals surface area contributed by atoms with Crippen molar-refractivity contribution < 1.29 is 14.7 Å². The number of hydrogen-bond donors (Lipinski definition) is 2. The van der Waals surface area contributed by atoms with Crippen LogP contribution >= 0.6 is 0 Å². The van der Waals surface area contributed by atoms with Crippen molar-refractivity contribution in [2.75, 3.05) is 32.8 Å². The van der Waals surface area contributed by atoms with Gasteiger partial charge in [-0.15, -0.1) is 5.10 Å². The Labute approximate surface area is 133 Å². The molecule has 0 spiro atoms. The average molecular weight is 317 g/mol. The standard InChI is InChI=1S/C15H19N5O3/c21-15(17-22)13-3-1-2-12(10-13)14-11-20(18-16-14)5-4-19-6-8-23-9-7-19/h1-3,10-11,22H,4-9H2,(H,17,21). The molecular weight excluding hydrogens is 298 g/mol. The molecule has 1 aliphatic rings. The zero-order valence-corrected chi connectivity index (χ0v) is 12.7. The lowest BCUT2D eigenvalue weighted by Crippen LogP contribution is -2.38. The summed E-state index contributed by atoms with van der Waals surface area (Å²) in [5.41, 5.74) is 3.47. The number of nitrogens with one attached hydrogen (secondary N) is 1. The average Bonchev–Trinajstić information content (AvgIpc) is 3.09. The first-order chi connectivity index (χ1) is 11.3. The Balaban J connectivity index is 1.65. The van der Waals surface area contributed by atoms with Gasteiger partial charge in [0, 0.05) is 30.8 Å². The van der Waals surface area contributed by atoms with Gasteiger partial charge in [0.15, 0.2) is 0 Å². The fourth-order valence-corrected chi connectivity index (χ4v) is 2.49. The van der Waals surface area contributed by atoms with Gasteiger partial charge in [-0.1, -0.05) is 17.3 Å². The molecule has 3 rings (SSSR count). The number of nitrogens with zero attached hydrogens (tertiary/aromatic N) is 4. The van der Waals surface area contributed by atoms with Crippen molar-refractivity contribution in [3.05, 3.63) is 36.0 Å². The number of amides is 1. The van der Waals surface area contributed by atoms with Crippen molar-refractivity contribution in [3.63, 3.8) is 0 Å². The molecule has 2 N–H and O–H groups in total. The Kier molecular flexibility index (Phi) is 4.96. The first kappa shape index (κ1) is 15.6. The molecule has 2 aromatic rings. The van der Waals surface area contributed by atoms with E-state index >= 15 is 0 Å². The van der Waals surface area contributed by atoms with E-state index in [0.717, 1.165) is 45.0 Å². The number of aromatic nitrogens is 3. The van der Waals surface area contributed by atoms with Crippen molar-refractivity contribution in [2.45, 2.75) is 6.54 Å². The van der Waals surface area contributed by atoms with E-state index in [1.165, 1.54) is 0 Å². The highest BCUT2D eigenvalue weighted by atomic mass is 16.5. The van der Waals surface area contributed by atoms with Gasteiger partial charge in [0.1, 0.15) is 5.69 Å². The summed E-state index contributed by atoms with van der Waals surface area (Å²) in [4.78, 5) is 13.8. The maximum Gasteiger partial charge on any atom is 0.274 e. The first-order valence-corrected chi connectivity index (χ1v) is 7.51. The predicted molar refractivity (Wildman–Crippen MR) is 82.0 cm³/mol. The molecule has 8 heteroatoms. The number of hydrogen-bond acceptors (Lipinski definition) is 6. The molecule has 1 amide bonds. The minimum Gasteiger partial charge on any atom is -0.379 e. The number of hydroxylamine groups is 1. The smallest absolute Gasteiger partial charge is 0.274 e. The zero-order chi connectivity index (χ0) is 16.1. The molecule has 0 bridgehead atoms. The maximum absolute atomic E-state index is 11.5. The summed E-state index contributed by atoms with van der Waals surface area (Å²) in [7, 11) is 0. The number of carbonyl (C=O) groups is 1. The van der Waals surface area contributed by atoms with Gasteiger partial charge in [0.05, 0.1) is 26.0 Å². The molecule has 0 aliphatic carbocycles. The molecule has 23 heavy (non-hydrogen) atoms. The molecule has 1 fully saturated rings. The van der Waals surface area contributed by atoms with Crippen LogP contribution in [0.2, 0.25) is 0 Å². The monoisotopic (exact) mass is 317 g/mol. The van der Waals surface area contributed by atoms with Crippen LogP contribution in [-0.4, -0.2) is 63.9 Å². The van der Waals surface area contributed by atoms with Crippen molar-refractivity contribution in [3.8, 4) is 11.3 Å². The van der Waals surface area contributed by atoms with Gasteiger partial charge in [-0.2, -0.15) is 0 Å². The molecule has 1 saturated heterocycles. The summed E-state index contributed by atoms with van der Waals surface area (Å²) in [6.45, 7) is 5.10. The van der Waals surface area contributed by atoms with Gasteiger partial charge in [0.2, 0.25) is 0 Å². The zero-order valence-electron chi connectivity index (χ0n) is 12.7. The van der Waals surface area contributed by atoms with Gasteiger partial charge in [0.25, 0.3) is 5.91 Å². The molecule has 122 valence electrons. The van der Waals surface area contributed by atoms with E-state index < -0.39 is 5.91 Å². The second kappa shape index (κ2) is 7.32. The van der Waals surface area contributed by atoms with E-state index in [1.54, 1.807) is 28.4 Å². The number of rotatable bonds is 5. The molecule has 2 heterocycles. The van der Waals surface area contributed by atoms with Crippen molar-refractivity contribution in [2.24, 2.45) is 0 Å². The third kappa shape index (κ3) is 3.92. The molecule has 1 aliphatic heterocycles. The summed E-state index contributed by atoms with van der Waals surface area (Å²) in [5, 5.41) is 17.0. The van der Waals surface area contributed by atoms with Gasteiger partial charge in [-0.25, -0.2) is 5.48 Å². The van der Waals surface area contributed by atoms with Crippen molar-refractivity contribution >= 4 is 5.91 Å². The SMILES string of the molecule is O=C(NO)c1cccc(-c2cn(CCN3CCOCC3)nn2)c1. The highest BCUT2D eigenvalue weighted by Crippen LogP contribution is 2.17. The molecule has 0 radical (unpaired) electrons. The van der Waals surface area contributed by atoms with Crippen LogP contribution in [0.25, 0.3) is 11.3 Å². The molecule has 0 atom stereocenters. The summed E-state index contributed by atoms with van der Waals surface area (Å²) < 4.78 is 7.12. The van der Waals surface area contributed by atoms with Gasteiger partial charge >= 0.3 is 0 Å². The van der Waals surface area contributed by atoms with Crippen LogP contribution < -0.4 is 5.48 Å². The van der Waals surface area contributed by atoms with Crippen LogP contribution in [0, 0.1) is 0 Å². The Hall–Kier alpha value is -2.29. The molecule has 1 aromatic carbocycles. The van der Waals surface area contributed by atoms with Crippen LogP contribution in [0.15, 0.2) is 30.5 Å². The van der Waals surface area contributed by atoms with E-state index in [2.05, 4.69) is 15.2 Å². The van der Waals surface area contributed by atoms with Crippen molar-refractivity contribution in [1.29, 1.82) is 0 Å². The number of benzene rings is 1. The van der Waals surface area contributed by atoms with Gasteiger partial charge < -0.3 is 4.74 Å². The van der Waals surface area contributed by atoms with E-state index in [9.17, 15) is 4.79 Å². The Morgan fingerprint density at radius 2 is 2.13 bits per heavy atom. The van der Waals surface area contributed by atoms with Crippen LogP contribution in [0.1, 0.15) is 10.4 Å². The van der Waals surface area contributed by atoms with Gasteiger partial charge in [-0.05, 0) is 12.1 Å². The number of carbonyl (C=O) groups excluding carboxylic acids is 1. The Morgan fingerprint density at radius 3 is 2.91 bits per heavy atom. The first-order valence-electron chi connectivity index (χ1n) is 7.51. The lowest BCUT2D eigenvalue weighted by Gasteiger charge is -2.26. The van der Waals surface area contributed by atoms with Crippen LogP contribution in [0.3, 0.4) is 0 Å². The lowest BCUT2D eigenvalue weighted by molar-refractivity contribution is 0.0359. The van der Waals surface area contributed by atoms with Gasteiger partial charge in [-0.3, -0.25) is 19.6 Å². The molecule has 0 unspecified atom stereocenters. The van der Waals surface area contributed by atoms with Crippen LogP contribution in [0.4, 0.5) is 0 Å². The molecule has 8 nitrogen and oxygen atoms in total. The normalized spacial score (nSPS) is 15.5. The third-order valence-corrected chi connectivity index (χ3v) is 3.81. The quantitative estimate of drug-likeness (QED) is 0.612. The predicted octanol–water partition coefficient (Wildman–Crippen LogP) is 0.396. The summed E-state index contributed by atoms with van der Waals surface area (Å²) in [6, 6.07) is 6.89. The van der Waals surface area contributed by atoms with Crippen LogP contribution in [0.5, 0.6) is 0 Å². The highest BCUT2D eigenvalue weighted by molar-refractivity contribution is 5.94. The van der Waals surface area contributed by atoms with E-state index in [1.807, 2.05) is 12.3 Å². The Morgan fingerprint density at radius 1 is 1.30 bits per heavy atom. The fourth-order valence-electron chi connectivity index (χ4n) is 2.49. The van der Waals surface area contributed by atoms with Crippen molar-refractivity contribution in [1.82, 2.24) is 25.4 Å². The Bertz CT molecular complexity index is 667. The largest absolute Gasteiger partial charge is 0.379 e. The molecule has 0 saturated carbocycles. The summed E-state index contributed by atoms with van der Waals surface area (Å²) in [6.07, 6.45) is 1.86. The number of morpholine rings is 1. The van der Waals surface area contributed by atoms with E-state index in [-0.39, 0.29) is 0 Å². The van der Waals surface area contributed by atoms with Crippen LogP contribution in [-0.2, 0) is 11.3 Å². The lowest BCUT2D eigenvalue weighted by atomic mass is 10.1. The minimum absolute atomic E-state index is 0.368. The van der Waals surface area contributed by atoms with E-state index in [0.29, 0.717) is 11.3 Å². The fraction of sp³-hybridized carbons (Fsp3) is 0.400.